The Balaban J connectivity index is -0.0000000200. The zero-order valence-corrected chi connectivity index (χ0v) is 6.83. The minimum atomic E-state index is 0. The van der Waals surface area contributed by atoms with E-state index in [0.717, 1.165) is 0 Å². The summed E-state index contributed by atoms with van der Waals surface area (Å²) in [4.78, 5) is 0. The van der Waals surface area contributed by atoms with Gasteiger partial charge in [-0.25, -0.2) is 0 Å². The molecule has 0 atom stereocenters. The first-order chi connectivity index (χ1) is 1.41. The summed E-state index contributed by atoms with van der Waals surface area (Å²) < 4.78 is 0. The van der Waals surface area contributed by atoms with E-state index in [1.165, 1.54) is 6.08 Å². The van der Waals surface area contributed by atoms with Crippen molar-refractivity contribution in [2.45, 2.75) is 6.92 Å². The second kappa shape index (κ2) is 26.6. The summed E-state index contributed by atoms with van der Waals surface area (Å²) in [7, 11) is 0. The average Bonchev–Trinajstić information content (AvgIpc) is 0.918. The Kier molecular flexibility index (Phi) is 97.1. The van der Waals surface area contributed by atoms with Crippen molar-refractivity contribution in [3.8, 4) is 0 Å². The molecule has 0 aromatic heterocycles. The van der Waals surface area contributed by atoms with E-state index < -0.39 is 0 Å². The molecule has 26 valence electrons. The molecule has 0 aromatic rings. The van der Waals surface area contributed by atoms with Gasteiger partial charge in [-0.15, -0.1) is 0 Å². The molecule has 1 heteroatoms. The third-order valence-corrected chi connectivity index (χ3v) is 0. The van der Waals surface area contributed by atoms with E-state index in [9.17, 15) is 0 Å². The summed E-state index contributed by atoms with van der Waals surface area (Å²) in [6.07, 6.45) is 1.50. The Morgan fingerprint density at radius 3 is 1.60 bits per heavy atom. The third kappa shape index (κ3) is 185. The molecule has 0 bridgehead atoms. The van der Waals surface area contributed by atoms with Gasteiger partial charge < -0.3 is 14.0 Å². The molecule has 0 heterocycles. The number of hydrogen-bond donors (Lipinski definition) is 0. The molecular formula is C4H8Zn. The second-order valence-electron chi connectivity index (χ2n) is 0.333. The maximum atomic E-state index is 4.72. The first kappa shape index (κ1) is 18.3. The molecule has 0 rings (SSSR count). The fraction of sp³-hybridized carbons (Fsp3) is 0.250. The Bertz CT molecular complexity index is 11.1. The van der Waals surface area contributed by atoms with Crippen molar-refractivity contribution in [3.63, 3.8) is 0 Å². The molecule has 0 aliphatic carbocycles. The number of hydrogen-bond acceptors (Lipinski definition) is 0. The summed E-state index contributed by atoms with van der Waals surface area (Å²) in [6, 6.07) is 0. The molecule has 0 amide bonds. The minimum absolute atomic E-state index is 0. The molecule has 0 saturated heterocycles. The minimum Gasteiger partial charge on any atom is -0.518 e. The zero-order chi connectivity index (χ0) is 2.71. The molecule has 5 heavy (non-hydrogen) atoms. The predicted molar refractivity (Wildman–Crippen MR) is 21.0 cm³/mol. The number of rotatable bonds is 0. The van der Waals surface area contributed by atoms with Gasteiger partial charge in [0.15, 0.2) is 0 Å². The summed E-state index contributed by atoms with van der Waals surface area (Å²) in [5, 5.41) is 0. The molecule has 0 unspecified atom stereocenters. The molecule has 0 fully saturated rings. The summed E-state index contributed by atoms with van der Waals surface area (Å²) in [5.74, 6) is 0. The van der Waals surface area contributed by atoms with E-state index in [-0.39, 0.29) is 26.9 Å². The second-order valence-corrected chi connectivity index (χ2v) is 0.333. The molecular weight excluding hydrogens is 113 g/mol. The van der Waals surface area contributed by atoms with Crippen molar-refractivity contribution < 1.29 is 19.5 Å². The summed E-state index contributed by atoms with van der Waals surface area (Å²) >= 11 is 0. The first-order valence-electron chi connectivity index (χ1n) is 0.911. The van der Waals surface area contributed by atoms with Gasteiger partial charge in [0.05, 0.1) is 0 Å². The van der Waals surface area contributed by atoms with Crippen molar-refractivity contribution in [2.24, 2.45) is 0 Å². The third-order valence-electron chi connectivity index (χ3n) is 0. The van der Waals surface area contributed by atoms with Crippen LogP contribution < -0.4 is 0 Å². The molecule has 0 saturated carbocycles. The molecule has 0 aliphatic rings. The van der Waals surface area contributed by atoms with E-state index in [4.69, 9.17) is 6.58 Å². The van der Waals surface area contributed by atoms with Crippen LogP contribution in [0.1, 0.15) is 6.92 Å². The maximum Gasteiger partial charge on any atom is 2.00 e. The van der Waals surface area contributed by atoms with Crippen molar-refractivity contribution in [2.75, 3.05) is 0 Å². The Morgan fingerprint density at radius 2 is 1.60 bits per heavy atom. The molecule has 0 radical (unpaired) electrons. The summed E-state index contributed by atoms with van der Waals surface area (Å²) in [5.41, 5.74) is 0. The van der Waals surface area contributed by atoms with Gasteiger partial charge in [-0.3, -0.25) is 6.08 Å². The van der Waals surface area contributed by atoms with Gasteiger partial charge in [0.1, 0.15) is 0 Å². The fourth-order valence-corrected chi connectivity index (χ4v) is 0. The van der Waals surface area contributed by atoms with E-state index in [1.54, 1.807) is 6.92 Å². The van der Waals surface area contributed by atoms with Gasteiger partial charge in [-0.1, -0.05) is 6.92 Å². The van der Waals surface area contributed by atoms with Crippen LogP contribution >= 0.6 is 0 Å². The van der Waals surface area contributed by atoms with Gasteiger partial charge in [-0.05, 0) is 0 Å². The van der Waals surface area contributed by atoms with E-state index >= 15 is 0 Å². The van der Waals surface area contributed by atoms with Crippen molar-refractivity contribution in [1.82, 2.24) is 0 Å². The monoisotopic (exact) mass is 120 g/mol. The van der Waals surface area contributed by atoms with Crippen LogP contribution in [-0.4, -0.2) is 0 Å². The van der Waals surface area contributed by atoms with Crippen LogP contribution in [0.15, 0.2) is 6.08 Å². The van der Waals surface area contributed by atoms with Crippen LogP contribution in [0, 0.1) is 14.0 Å². The zero-order valence-electron chi connectivity index (χ0n) is 3.86. The van der Waals surface area contributed by atoms with Gasteiger partial charge >= 0.3 is 19.5 Å². The molecule has 0 spiro atoms. The van der Waals surface area contributed by atoms with Crippen LogP contribution in [0.4, 0.5) is 0 Å². The molecule has 0 N–H and O–H groups in total. The van der Waals surface area contributed by atoms with E-state index in [1.807, 2.05) is 0 Å². The molecule has 0 aliphatic heterocycles. The largest absolute Gasteiger partial charge is 2.00 e. The quantitative estimate of drug-likeness (QED) is 0.336. The summed E-state index contributed by atoms with van der Waals surface area (Å²) in [6.45, 7) is 6.50. The van der Waals surface area contributed by atoms with Gasteiger partial charge in [0.2, 0.25) is 0 Å². The van der Waals surface area contributed by atoms with Crippen molar-refractivity contribution in [3.05, 3.63) is 20.1 Å². The number of allylic oxidation sites excluding steroid dienone is 1. The van der Waals surface area contributed by atoms with E-state index in [0.29, 0.717) is 0 Å². The predicted octanol–water partition coefficient (Wildman–Crippen LogP) is 1.44. The van der Waals surface area contributed by atoms with Gasteiger partial charge in [-0.2, -0.15) is 0 Å². The average molecular weight is 121 g/mol. The fourth-order valence-electron chi connectivity index (χ4n) is 0. The van der Waals surface area contributed by atoms with Crippen molar-refractivity contribution >= 4 is 0 Å². The normalized spacial score (nSPS) is 2.60. The Morgan fingerprint density at radius 1 is 1.60 bits per heavy atom. The van der Waals surface area contributed by atoms with Crippen LogP contribution in [0.3, 0.4) is 0 Å². The van der Waals surface area contributed by atoms with Crippen LogP contribution in [0.25, 0.3) is 0 Å². The maximum absolute atomic E-state index is 4.72. The van der Waals surface area contributed by atoms with Gasteiger partial charge in [0, 0.05) is 0 Å². The smallest absolute Gasteiger partial charge is 0.518 e. The van der Waals surface area contributed by atoms with Crippen LogP contribution in [0.5, 0.6) is 0 Å². The van der Waals surface area contributed by atoms with Crippen molar-refractivity contribution in [1.29, 1.82) is 0 Å². The Labute approximate surface area is 47.0 Å². The van der Waals surface area contributed by atoms with Gasteiger partial charge in [0.25, 0.3) is 0 Å². The van der Waals surface area contributed by atoms with Crippen LogP contribution in [0.2, 0.25) is 0 Å². The van der Waals surface area contributed by atoms with Crippen LogP contribution in [-0.2, 0) is 19.5 Å². The standard InChI is InChI=1S/C3H5.CH3.Zn/c1-3-2;;/h1,3H,2H3;1H3;/q2*-1;+2. The first-order valence-corrected chi connectivity index (χ1v) is 0.911. The molecule has 0 nitrogen and oxygen atoms in total. The topological polar surface area (TPSA) is 0 Å². The van der Waals surface area contributed by atoms with E-state index in [2.05, 4.69) is 0 Å². The molecule has 0 aromatic carbocycles. The SMILES string of the molecule is [CH-]=CC.[CH3-].[Zn+2]. The Hall–Kier alpha value is 0.363.